The van der Waals surface area contributed by atoms with E-state index in [1.807, 2.05) is 6.92 Å². The standard InChI is InChI=1S/C19H16ClN3O3S/c1-12-2-8-15(9-3-12)27(25,26)23-10-16(13-4-6-14(24)7-5-13)17-18(20)21-11-22-19(17)23/h2-11,17,19,24H,1H3. The second kappa shape index (κ2) is 6.51. The maximum absolute atomic E-state index is 13.2. The Morgan fingerprint density at radius 1 is 1.07 bits per heavy atom. The number of fused-ring (bicyclic) bond motifs is 1. The summed E-state index contributed by atoms with van der Waals surface area (Å²) < 4.78 is 27.7. The average molecular weight is 402 g/mol. The fraction of sp³-hybridized carbons (Fsp3) is 0.158. The molecule has 2 heterocycles. The van der Waals surface area contributed by atoms with E-state index in [2.05, 4.69) is 9.98 Å². The minimum absolute atomic E-state index is 0.124. The van der Waals surface area contributed by atoms with Gasteiger partial charge in [-0.05, 0) is 42.3 Å². The number of aliphatic imine (C=N–C) groups is 2. The van der Waals surface area contributed by atoms with Gasteiger partial charge in [-0.1, -0.05) is 41.4 Å². The van der Waals surface area contributed by atoms with Crippen LogP contribution in [0.3, 0.4) is 0 Å². The van der Waals surface area contributed by atoms with Crippen LogP contribution in [-0.4, -0.2) is 35.5 Å². The van der Waals surface area contributed by atoms with Gasteiger partial charge in [0.2, 0.25) is 0 Å². The number of hydrogen-bond acceptors (Lipinski definition) is 5. The summed E-state index contributed by atoms with van der Waals surface area (Å²) in [7, 11) is -3.82. The van der Waals surface area contributed by atoms with Gasteiger partial charge in [0.05, 0.1) is 10.8 Å². The van der Waals surface area contributed by atoms with E-state index >= 15 is 0 Å². The van der Waals surface area contributed by atoms with Crippen molar-refractivity contribution in [2.24, 2.45) is 15.9 Å². The van der Waals surface area contributed by atoms with Crippen molar-refractivity contribution < 1.29 is 13.5 Å². The molecule has 4 rings (SSSR count). The second-order valence-corrected chi connectivity index (χ2v) is 8.62. The quantitative estimate of drug-likeness (QED) is 0.855. The molecular formula is C19H16ClN3O3S. The van der Waals surface area contributed by atoms with E-state index in [0.29, 0.717) is 5.57 Å². The molecule has 2 unspecified atom stereocenters. The van der Waals surface area contributed by atoms with E-state index in [1.54, 1.807) is 54.7 Å². The summed E-state index contributed by atoms with van der Waals surface area (Å²) in [4.78, 5) is 8.50. The molecule has 0 aliphatic carbocycles. The maximum atomic E-state index is 13.2. The van der Waals surface area contributed by atoms with E-state index in [4.69, 9.17) is 11.6 Å². The van der Waals surface area contributed by atoms with Crippen LogP contribution in [0.5, 0.6) is 5.75 Å². The molecule has 2 atom stereocenters. The first kappa shape index (κ1) is 17.8. The van der Waals surface area contributed by atoms with Crippen molar-refractivity contribution in [1.29, 1.82) is 0 Å². The summed E-state index contributed by atoms with van der Waals surface area (Å²) in [5.41, 5.74) is 2.40. The van der Waals surface area contributed by atoms with Gasteiger partial charge in [0.15, 0.2) is 6.17 Å². The summed E-state index contributed by atoms with van der Waals surface area (Å²) in [5.74, 6) is -0.374. The van der Waals surface area contributed by atoms with Crippen LogP contribution in [0.4, 0.5) is 0 Å². The smallest absolute Gasteiger partial charge is 0.265 e. The number of hydrogen-bond donors (Lipinski definition) is 1. The lowest BCUT2D eigenvalue weighted by Crippen LogP contribution is -2.38. The third-order valence-electron chi connectivity index (χ3n) is 4.61. The van der Waals surface area contributed by atoms with Crippen LogP contribution in [0.2, 0.25) is 0 Å². The van der Waals surface area contributed by atoms with Gasteiger partial charge in [-0.15, -0.1) is 0 Å². The van der Waals surface area contributed by atoms with E-state index in [0.717, 1.165) is 11.1 Å². The second-order valence-electron chi connectivity index (χ2n) is 6.39. The van der Waals surface area contributed by atoms with Gasteiger partial charge in [0.25, 0.3) is 10.0 Å². The Labute approximate surface area is 162 Å². The Hall–Kier alpha value is -2.64. The lowest BCUT2D eigenvalue weighted by molar-refractivity contribution is 0.410. The van der Waals surface area contributed by atoms with E-state index < -0.39 is 22.1 Å². The van der Waals surface area contributed by atoms with E-state index in [9.17, 15) is 13.5 Å². The summed E-state index contributed by atoms with van der Waals surface area (Å²) >= 11 is 6.32. The number of aryl methyl sites for hydroxylation is 1. The van der Waals surface area contributed by atoms with Gasteiger partial charge in [0, 0.05) is 6.20 Å². The number of halogens is 1. The van der Waals surface area contributed by atoms with Crippen molar-refractivity contribution in [1.82, 2.24) is 4.31 Å². The number of aromatic hydroxyl groups is 1. The number of benzene rings is 2. The van der Waals surface area contributed by atoms with Gasteiger partial charge in [-0.2, -0.15) is 0 Å². The van der Waals surface area contributed by atoms with Crippen molar-refractivity contribution in [3.05, 3.63) is 65.9 Å². The largest absolute Gasteiger partial charge is 0.508 e. The Kier molecular flexibility index (Phi) is 4.28. The minimum Gasteiger partial charge on any atom is -0.508 e. The van der Waals surface area contributed by atoms with Gasteiger partial charge in [-0.25, -0.2) is 22.7 Å². The third-order valence-corrected chi connectivity index (χ3v) is 6.69. The first-order valence-electron chi connectivity index (χ1n) is 8.24. The van der Waals surface area contributed by atoms with Crippen LogP contribution in [0, 0.1) is 12.8 Å². The molecule has 2 aromatic carbocycles. The molecule has 0 saturated carbocycles. The predicted octanol–water partition coefficient (Wildman–Crippen LogP) is 3.37. The van der Waals surface area contributed by atoms with Crippen LogP contribution in [0.25, 0.3) is 5.57 Å². The summed E-state index contributed by atoms with van der Waals surface area (Å²) in [6, 6.07) is 13.2. The van der Waals surface area contributed by atoms with Crippen LogP contribution in [-0.2, 0) is 10.0 Å². The highest BCUT2D eigenvalue weighted by Gasteiger charge is 2.45. The fourth-order valence-electron chi connectivity index (χ4n) is 3.19. The van der Waals surface area contributed by atoms with E-state index in [-0.39, 0.29) is 15.8 Å². The zero-order valence-corrected chi connectivity index (χ0v) is 15.9. The lowest BCUT2D eigenvalue weighted by Gasteiger charge is -2.27. The highest BCUT2D eigenvalue weighted by molar-refractivity contribution is 7.89. The van der Waals surface area contributed by atoms with Crippen molar-refractivity contribution in [3.8, 4) is 5.75 Å². The number of phenolic OH excluding ortho intramolecular Hbond substituents is 1. The summed E-state index contributed by atoms with van der Waals surface area (Å²) in [6.07, 6.45) is 2.11. The molecule has 138 valence electrons. The molecule has 27 heavy (non-hydrogen) atoms. The molecule has 1 N–H and O–H groups in total. The molecule has 0 fully saturated rings. The normalized spacial score (nSPS) is 21.6. The van der Waals surface area contributed by atoms with Crippen molar-refractivity contribution in [2.75, 3.05) is 0 Å². The maximum Gasteiger partial charge on any atom is 0.265 e. The van der Waals surface area contributed by atoms with Crippen molar-refractivity contribution in [3.63, 3.8) is 0 Å². The molecule has 0 amide bonds. The third kappa shape index (κ3) is 3.02. The monoisotopic (exact) mass is 401 g/mol. The van der Waals surface area contributed by atoms with Crippen molar-refractivity contribution in [2.45, 2.75) is 18.0 Å². The SMILES string of the molecule is Cc1ccc(S(=O)(=O)N2C=C(c3ccc(O)cc3)C3C(Cl)=NC=NC32)cc1. The minimum atomic E-state index is -3.82. The summed E-state index contributed by atoms with van der Waals surface area (Å²) in [5, 5.41) is 9.81. The van der Waals surface area contributed by atoms with Gasteiger partial charge in [0.1, 0.15) is 17.3 Å². The topological polar surface area (TPSA) is 82.3 Å². The molecule has 2 aliphatic heterocycles. The Bertz CT molecular complexity index is 1070. The Morgan fingerprint density at radius 2 is 1.74 bits per heavy atom. The first-order valence-corrected chi connectivity index (χ1v) is 10.1. The van der Waals surface area contributed by atoms with E-state index in [1.165, 1.54) is 10.6 Å². The molecular weight excluding hydrogens is 386 g/mol. The number of phenols is 1. The highest BCUT2D eigenvalue weighted by atomic mass is 35.5. The number of sulfonamides is 1. The number of rotatable bonds is 3. The molecule has 0 spiro atoms. The fourth-order valence-corrected chi connectivity index (χ4v) is 4.90. The van der Waals surface area contributed by atoms with Gasteiger partial charge >= 0.3 is 0 Å². The highest BCUT2D eigenvalue weighted by Crippen LogP contribution is 2.42. The molecule has 2 aromatic rings. The van der Waals surface area contributed by atoms with Gasteiger partial charge < -0.3 is 5.11 Å². The molecule has 0 radical (unpaired) electrons. The Balaban J connectivity index is 1.82. The van der Waals surface area contributed by atoms with Gasteiger partial charge in [-0.3, -0.25) is 0 Å². The molecule has 0 saturated heterocycles. The number of nitrogens with zero attached hydrogens (tertiary/aromatic N) is 3. The molecule has 6 nitrogen and oxygen atoms in total. The average Bonchev–Trinajstić information content (AvgIpc) is 3.04. The van der Waals surface area contributed by atoms with Crippen molar-refractivity contribution >= 4 is 38.7 Å². The molecule has 0 bridgehead atoms. The Morgan fingerprint density at radius 3 is 2.41 bits per heavy atom. The van der Waals surface area contributed by atoms with Crippen LogP contribution in [0.1, 0.15) is 11.1 Å². The van der Waals surface area contributed by atoms with Crippen LogP contribution < -0.4 is 0 Å². The first-order chi connectivity index (χ1) is 12.9. The van der Waals surface area contributed by atoms with Crippen LogP contribution in [0.15, 0.2) is 69.6 Å². The lowest BCUT2D eigenvalue weighted by atomic mass is 9.94. The molecule has 8 heteroatoms. The zero-order chi connectivity index (χ0) is 19.2. The zero-order valence-electron chi connectivity index (χ0n) is 14.3. The van der Waals surface area contributed by atoms with Crippen LogP contribution >= 0.6 is 11.6 Å². The molecule has 2 aliphatic rings. The molecule has 0 aromatic heterocycles. The predicted molar refractivity (Wildman–Crippen MR) is 105 cm³/mol. The summed E-state index contributed by atoms with van der Waals surface area (Å²) in [6.45, 7) is 1.90.